The molecule has 0 saturated heterocycles. The predicted octanol–water partition coefficient (Wildman–Crippen LogP) is 7.92. The highest BCUT2D eigenvalue weighted by molar-refractivity contribution is 6.99. The number of aromatic nitrogens is 2. The largest absolute Gasteiger partial charge is 0.407 e. The summed E-state index contributed by atoms with van der Waals surface area (Å²) in [4.78, 5) is 0. The molecule has 40 heavy (non-hydrogen) atoms. The molecule has 4 aliphatic rings. The van der Waals surface area contributed by atoms with Crippen LogP contribution in [0.1, 0.15) is 91.7 Å². The second kappa shape index (κ2) is 9.69. The molecule has 1 aromatic heterocycles. The molecule has 0 aliphatic heterocycles. The van der Waals surface area contributed by atoms with Gasteiger partial charge >= 0.3 is 0 Å². The molecule has 0 radical (unpaired) electrons. The summed E-state index contributed by atoms with van der Waals surface area (Å²) in [6.07, 6.45) is 12.7. The average Bonchev–Trinajstić information content (AvgIpc) is 3.25. The molecule has 214 valence electrons. The van der Waals surface area contributed by atoms with Crippen molar-refractivity contribution in [3.05, 3.63) is 78.6 Å². The quantitative estimate of drug-likeness (QED) is 0.198. The summed E-state index contributed by atoms with van der Waals surface area (Å²) in [5.74, 6) is 0. The van der Waals surface area contributed by atoms with Crippen LogP contribution in [0.15, 0.2) is 72.9 Å². The van der Waals surface area contributed by atoms with Crippen molar-refractivity contribution in [1.29, 1.82) is 0 Å². The first kappa shape index (κ1) is 28.0. The lowest BCUT2D eigenvalue weighted by atomic mass is 9.35. The summed E-state index contributed by atoms with van der Waals surface area (Å²) in [6.45, 7) is 16.5. The van der Waals surface area contributed by atoms with E-state index in [0.717, 1.165) is 19.6 Å². The van der Waals surface area contributed by atoms with Crippen molar-refractivity contribution in [2.45, 2.75) is 104 Å². The van der Waals surface area contributed by atoms with E-state index in [1.54, 1.807) is 0 Å². The molecular formula is C36H50N2OSi. The van der Waals surface area contributed by atoms with Crippen molar-refractivity contribution in [2.75, 3.05) is 6.61 Å². The lowest BCUT2D eigenvalue weighted by Gasteiger charge is -2.70. The van der Waals surface area contributed by atoms with Crippen LogP contribution in [-0.4, -0.2) is 24.7 Å². The molecule has 2 aromatic carbocycles. The molecule has 4 fully saturated rings. The van der Waals surface area contributed by atoms with Crippen LogP contribution < -0.4 is 10.4 Å². The smallest absolute Gasteiger partial charge is 0.261 e. The van der Waals surface area contributed by atoms with Gasteiger partial charge in [-0.2, -0.15) is 5.10 Å². The van der Waals surface area contributed by atoms with Crippen LogP contribution >= 0.6 is 0 Å². The summed E-state index contributed by atoms with van der Waals surface area (Å²) in [5.41, 5.74) is 3.05. The third kappa shape index (κ3) is 4.83. The van der Waals surface area contributed by atoms with Crippen molar-refractivity contribution in [1.82, 2.24) is 9.78 Å². The number of aryl methyl sites for hydroxylation is 1. The molecule has 4 saturated carbocycles. The third-order valence-electron chi connectivity index (χ3n) is 10.8. The molecule has 2 atom stereocenters. The zero-order valence-corrected chi connectivity index (χ0v) is 26.8. The van der Waals surface area contributed by atoms with Crippen molar-refractivity contribution in [3.8, 4) is 0 Å². The molecule has 3 nitrogen and oxygen atoms in total. The Hall–Kier alpha value is -2.17. The topological polar surface area (TPSA) is 27.1 Å². The van der Waals surface area contributed by atoms with Crippen LogP contribution in [-0.2, 0) is 11.0 Å². The maximum absolute atomic E-state index is 7.33. The first-order chi connectivity index (χ1) is 18.9. The summed E-state index contributed by atoms with van der Waals surface area (Å²) in [7, 11) is -2.48. The number of nitrogens with zero attached hydrogens (tertiary/aromatic N) is 2. The lowest BCUT2D eigenvalue weighted by Crippen LogP contribution is -2.66. The van der Waals surface area contributed by atoms with Gasteiger partial charge in [-0.1, -0.05) is 95.3 Å². The minimum absolute atomic E-state index is 0.0308. The van der Waals surface area contributed by atoms with Gasteiger partial charge < -0.3 is 4.43 Å². The van der Waals surface area contributed by atoms with Gasteiger partial charge in [0.15, 0.2) is 0 Å². The Balaban J connectivity index is 1.25. The highest BCUT2D eigenvalue weighted by Crippen LogP contribution is 2.75. The van der Waals surface area contributed by atoms with Gasteiger partial charge in [-0.05, 0) is 101 Å². The maximum atomic E-state index is 7.33. The molecule has 4 aliphatic carbocycles. The van der Waals surface area contributed by atoms with E-state index in [1.165, 1.54) is 61.0 Å². The highest BCUT2D eigenvalue weighted by Gasteiger charge is 2.65. The fourth-order valence-corrected chi connectivity index (χ4v) is 15.6. The molecule has 7 rings (SSSR count). The maximum Gasteiger partial charge on any atom is 0.261 e. The molecule has 3 aromatic rings. The Labute approximate surface area is 243 Å². The van der Waals surface area contributed by atoms with E-state index in [-0.39, 0.29) is 5.04 Å². The first-order valence-corrected chi connectivity index (χ1v) is 17.5. The number of rotatable bonds is 9. The standard InChI is InChI=1S/C36H50N2OSi/c1-29-18-20-37-38(29)28-36-25-33(5)22-34(6,26-36)24-35(23-33,27-36)19-13-21-39-40(32(2,3)4,30-14-9-7-10-15-30)31-16-11-8-12-17-31/h7-12,14-18,20H,13,19,21-28H2,1-6H3. The Kier molecular flexibility index (Phi) is 6.78. The van der Waals surface area contributed by atoms with Gasteiger partial charge in [-0.3, -0.25) is 4.68 Å². The number of hydrogen-bond acceptors (Lipinski definition) is 2. The van der Waals surface area contributed by atoms with Crippen LogP contribution in [0.2, 0.25) is 5.04 Å². The highest BCUT2D eigenvalue weighted by atomic mass is 28.4. The Bertz CT molecular complexity index is 1270. The lowest BCUT2D eigenvalue weighted by molar-refractivity contribution is -0.198. The molecule has 1 heterocycles. The number of hydrogen-bond donors (Lipinski definition) is 0. The molecule has 4 heteroatoms. The molecular weight excluding hydrogens is 504 g/mol. The predicted molar refractivity (Wildman–Crippen MR) is 169 cm³/mol. The molecule has 2 unspecified atom stereocenters. The summed E-state index contributed by atoms with van der Waals surface area (Å²) < 4.78 is 9.64. The van der Waals surface area contributed by atoms with Crippen molar-refractivity contribution in [2.24, 2.45) is 21.7 Å². The van der Waals surface area contributed by atoms with E-state index in [0.29, 0.717) is 21.7 Å². The van der Waals surface area contributed by atoms with Gasteiger partial charge in [-0.25, -0.2) is 0 Å². The average molecular weight is 555 g/mol. The van der Waals surface area contributed by atoms with Gasteiger partial charge in [0, 0.05) is 25.0 Å². The fourth-order valence-electron chi connectivity index (χ4n) is 10.9. The van der Waals surface area contributed by atoms with E-state index >= 15 is 0 Å². The van der Waals surface area contributed by atoms with Crippen LogP contribution in [0.5, 0.6) is 0 Å². The first-order valence-electron chi connectivity index (χ1n) is 15.6. The minimum atomic E-state index is -2.48. The summed E-state index contributed by atoms with van der Waals surface area (Å²) >= 11 is 0. The van der Waals surface area contributed by atoms with E-state index in [2.05, 4.69) is 113 Å². The summed E-state index contributed by atoms with van der Waals surface area (Å²) in [5, 5.41) is 7.55. The van der Waals surface area contributed by atoms with Crippen molar-refractivity contribution < 1.29 is 4.43 Å². The van der Waals surface area contributed by atoms with E-state index in [4.69, 9.17) is 9.52 Å². The minimum Gasteiger partial charge on any atom is -0.407 e. The van der Waals surface area contributed by atoms with E-state index in [9.17, 15) is 0 Å². The molecule has 0 spiro atoms. The normalized spacial score (nSPS) is 31.6. The Morgan fingerprint density at radius 2 is 1.32 bits per heavy atom. The second-order valence-corrected chi connectivity index (χ2v) is 20.2. The van der Waals surface area contributed by atoms with Gasteiger partial charge in [-0.15, -0.1) is 0 Å². The number of benzene rings is 2. The molecule has 4 bridgehead atoms. The monoisotopic (exact) mass is 554 g/mol. The van der Waals surface area contributed by atoms with E-state index < -0.39 is 8.32 Å². The Morgan fingerprint density at radius 1 is 0.775 bits per heavy atom. The zero-order valence-electron chi connectivity index (χ0n) is 25.8. The SMILES string of the molecule is Cc1ccnn1CC12CC3(C)CC(C)(CC(CCCO[Si](c4ccccc4)(c4ccccc4)C(C)(C)C)(C3)C1)C2. The second-order valence-electron chi connectivity index (χ2n) is 15.9. The third-order valence-corrected chi connectivity index (χ3v) is 15.9. The van der Waals surface area contributed by atoms with Crippen LogP contribution in [0, 0.1) is 28.6 Å². The van der Waals surface area contributed by atoms with Crippen LogP contribution in [0.3, 0.4) is 0 Å². The van der Waals surface area contributed by atoms with Crippen LogP contribution in [0.25, 0.3) is 0 Å². The van der Waals surface area contributed by atoms with E-state index in [1.807, 2.05) is 6.20 Å². The fraction of sp³-hybridized carbons (Fsp3) is 0.583. The molecule has 0 amide bonds. The van der Waals surface area contributed by atoms with Gasteiger partial charge in [0.1, 0.15) is 0 Å². The van der Waals surface area contributed by atoms with Gasteiger partial charge in [0.2, 0.25) is 0 Å². The van der Waals surface area contributed by atoms with Gasteiger partial charge in [0.25, 0.3) is 8.32 Å². The molecule has 0 N–H and O–H groups in total. The van der Waals surface area contributed by atoms with Crippen LogP contribution in [0.4, 0.5) is 0 Å². The zero-order chi connectivity index (χ0) is 28.3. The summed E-state index contributed by atoms with van der Waals surface area (Å²) in [6, 6.07) is 24.4. The van der Waals surface area contributed by atoms with Crippen molar-refractivity contribution >= 4 is 18.7 Å². The van der Waals surface area contributed by atoms with Crippen molar-refractivity contribution in [3.63, 3.8) is 0 Å². The Morgan fingerprint density at radius 3 is 1.82 bits per heavy atom. The van der Waals surface area contributed by atoms with Gasteiger partial charge in [0.05, 0.1) is 0 Å².